The van der Waals surface area contributed by atoms with Gasteiger partial charge in [0, 0.05) is 11.5 Å². The van der Waals surface area contributed by atoms with Gasteiger partial charge in [-0.1, -0.05) is 12.1 Å². The van der Waals surface area contributed by atoms with Gasteiger partial charge in [-0.05, 0) is 31.2 Å². The second-order valence-corrected chi connectivity index (χ2v) is 6.00. The quantitative estimate of drug-likeness (QED) is 0.472. The number of carbonyl (C=O) groups is 3. The molecule has 9 nitrogen and oxygen atoms in total. The molecular weight excluding hydrogens is 392 g/mol. The van der Waals surface area contributed by atoms with Gasteiger partial charge in [0.15, 0.2) is 0 Å². The highest BCUT2D eigenvalue weighted by Crippen LogP contribution is 2.33. The van der Waals surface area contributed by atoms with Crippen LogP contribution >= 0.6 is 0 Å². The molecule has 0 saturated carbocycles. The minimum atomic E-state index is -1.06. The molecule has 0 unspecified atom stereocenters. The van der Waals surface area contributed by atoms with Crippen LogP contribution < -0.4 is 20.1 Å². The van der Waals surface area contributed by atoms with Crippen molar-refractivity contribution in [1.82, 2.24) is 0 Å². The van der Waals surface area contributed by atoms with E-state index in [1.54, 1.807) is 49.4 Å². The first-order valence-corrected chi connectivity index (χ1v) is 9.01. The van der Waals surface area contributed by atoms with Crippen LogP contribution in [0.25, 0.3) is 11.0 Å². The van der Waals surface area contributed by atoms with Gasteiger partial charge in [-0.25, -0.2) is 4.79 Å². The minimum absolute atomic E-state index is 0.0446. The van der Waals surface area contributed by atoms with E-state index in [0.29, 0.717) is 28.2 Å². The smallest absolute Gasteiger partial charge is 0.397 e. The second kappa shape index (κ2) is 8.99. The summed E-state index contributed by atoms with van der Waals surface area (Å²) in [7, 11) is 2.97. The van der Waals surface area contributed by atoms with Crippen molar-refractivity contribution >= 4 is 40.1 Å². The molecule has 2 amide bonds. The second-order valence-electron chi connectivity index (χ2n) is 6.00. The summed E-state index contributed by atoms with van der Waals surface area (Å²) in [5.74, 6) is -1.97. The van der Waals surface area contributed by atoms with Crippen LogP contribution in [0.5, 0.6) is 11.5 Å². The number of carbonyl (C=O) groups excluding carboxylic acids is 3. The Balaban J connectivity index is 1.96. The normalized spacial score (nSPS) is 10.4. The first-order chi connectivity index (χ1) is 14.5. The van der Waals surface area contributed by atoms with Gasteiger partial charge >= 0.3 is 11.9 Å². The predicted octanol–water partition coefficient (Wildman–Crippen LogP) is 3.20. The molecule has 1 heterocycles. The van der Waals surface area contributed by atoms with E-state index in [2.05, 4.69) is 10.6 Å². The van der Waals surface area contributed by atoms with E-state index < -0.39 is 17.8 Å². The molecule has 30 heavy (non-hydrogen) atoms. The zero-order valence-corrected chi connectivity index (χ0v) is 16.6. The standard InChI is InChI=1S/C21H20N2O7/c1-4-29-21(26)20(25)23-17-13-7-5-6-8-15(13)30-18(17)19(24)22-14-10-9-12(27-2)11-16(14)28-3/h5-11H,4H2,1-3H3,(H,22,24)(H,23,25). The van der Waals surface area contributed by atoms with Crippen molar-refractivity contribution in [3.63, 3.8) is 0 Å². The summed E-state index contributed by atoms with van der Waals surface area (Å²) < 4.78 is 20.8. The van der Waals surface area contributed by atoms with Crippen LogP contribution in [0.1, 0.15) is 17.5 Å². The summed E-state index contributed by atoms with van der Waals surface area (Å²) in [5, 5.41) is 5.55. The topological polar surface area (TPSA) is 116 Å². The van der Waals surface area contributed by atoms with Gasteiger partial charge in [0.25, 0.3) is 5.91 Å². The molecule has 0 aliphatic rings. The zero-order valence-electron chi connectivity index (χ0n) is 16.6. The molecule has 2 N–H and O–H groups in total. The average Bonchev–Trinajstić information content (AvgIpc) is 3.12. The Labute approximate surface area is 171 Å². The lowest BCUT2D eigenvalue weighted by Crippen LogP contribution is -2.26. The largest absolute Gasteiger partial charge is 0.497 e. The van der Waals surface area contributed by atoms with Crippen LogP contribution in [0.4, 0.5) is 11.4 Å². The summed E-state index contributed by atoms with van der Waals surface area (Å²) in [6.45, 7) is 1.63. The Kier molecular flexibility index (Phi) is 6.21. The summed E-state index contributed by atoms with van der Waals surface area (Å²) in [6.07, 6.45) is 0. The number of para-hydroxylation sites is 1. The van der Waals surface area contributed by atoms with Gasteiger partial charge in [-0.15, -0.1) is 0 Å². The van der Waals surface area contributed by atoms with E-state index >= 15 is 0 Å². The third-order valence-corrected chi connectivity index (χ3v) is 4.16. The summed E-state index contributed by atoms with van der Waals surface area (Å²) >= 11 is 0. The lowest BCUT2D eigenvalue weighted by Gasteiger charge is -2.11. The van der Waals surface area contributed by atoms with Crippen LogP contribution in [0.2, 0.25) is 0 Å². The summed E-state index contributed by atoms with van der Waals surface area (Å²) in [5.41, 5.74) is 0.795. The van der Waals surface area contributed by atoms with E-state index in [1.807, 2.05) is 0 Å². The third kappa shape index (κ3) is 4.19. The Morgan fingerprint density at radius 3 is 2.47 bits per heavy atom. The van der Waals surface area contributed by atoms with Crippen LogP contribution in [0.15, 0.2) is 46.9 Å². The van der Waals surface area contributed by atoms with Crippen molar-refractivity contribution in [3.8, 4) is 11.5 Å². The Morgan fingerprint density at radius 1 is 1.00 bits per heavy atom. The molecule has 3 rings (SSSR count). The molecule has 0 bridgehead atoms. The number of anilines is 2. The lowest BCUT2D eigenvalue weighted by molar-refractivity contribution is -0.152. The molecule has 0 fully saturated rings. The van der Waals surface area contributed by atoms with E-state index in [4.69, 9.17) is 18.6 Å². The van der Waals surface area contributed by atoms with Crippen molar-refractivity contribution in [1.29, 1.82) is 0 Å². The molecule has 0 aliphatic heterocycles. The van der Waals surface area contributed by atoms with Crippen molar-refractivity contribution < 1.29 is 33.0 Å². The van der Waals surface area contributed by atoms with Crippen molar-refractivity contribution in [2.45, 2.75) is 6.92 Å². The zero-order chi connectivity index (χ0) is 21.7. The van der Waals surface area contributed by atoms with Crippen LogP contribution in [-0.4, -0.2) is 38.6 Å². The molecule has 0 spiro atoms. The maximum atomic E-state index is 12.9. The van der Waals surface area contributed by atoms with Crippen molar-refractivity contribution in [3.05, 3.63) is 48.2 Å². The highest BCUT2D eigenvalue weighted by Gasteiger charge is 2.25. The summed E-state index contributed by atoms with van der Waals surface area (Å²) in [4.78, 5) is 36.8. The highest BCUT2D eigenvalue weighted by molar-refractivity contribution is 6.38. The monoisotopic (exact) mass is 412 g/mol. The molecule has 0 saturated heterocycles. The van der Waals surface area contributed by atoms with E-state index in [0.717, 1.165) is 0 Å². The van der Waals surface area contributed by atoms with E-state index in [-0.39, 0.29) is 18.1 Å². The maximum Gasteiger partial charge on any atom is 0.397 e. The molecule has 3 aromatic rings. The average molecular weight is 412 g/mol. The van der Waals surface area contributed by atoms with Crippen molar-refractivity contribution in [2.24, 2.45) is 0 Å². The molecule has 0 aliphatic carbocycles. The number of furan rings is 1. The number of hydrogen-bond acceptors (Lipinski definition) is 7. The number of hydrogen-bond donors (Lipinski definition) is 2. The number of methoxy groups -OCH3 is 2. The lowest BCUT2D eigenvalue weighted by atomic mass is 10.2. The third-order valence-electron chi connectivity index (χ3n) is 4.16. The Bertz CT molecular complexity index is 1100. The first kappa shape index (κ1) is 20.7. The number of benzene rings is 2. The number of nitrogens with one attached hydrogen (secondary N) is 2. The number of esters is 1. The molecule has 0 atom stereocenters. The van der Waals surface area contributed by atoms with Crippen LogP contribution in [0.3, 0.4) is 0 Å². The molecule has 156 valence electrons. The molecule has 9 heteroatoms. The minimum Gasteiger partial charge on any atom is -0.497 e. The number of ether oxygens (including phenoxy) is 3. The Hall–Kier alpha value is -4.01. The first-order valence-electron chi connectivity index (χ1n) is 9.01. The number of amides is 2. The predicted molar refractivity (Wildman–Crippen MR) is 109 cm³/mol. The van der Waals surface area contributed by atoms with Crippen molar-refractivity contribution in [2.75, 3.05) is 31.5 Å². The van der Waals surface area contributed by atoms with Gasteiger partial charge in [0.1, 0.15) is 22.8 Å². The van der Waals surface area contributed by atoms with Gasteiger partial charge in [0.2, 0.25) is 5.76 Å². The molecular formula is C21H20N2O7. The highest BCUT2D eigenvalue weighted by atomic mass is 16.5. The van der Waals surface area contributed by atoms with E-state index in [1.165, 1.54) is 14.2 Å². The summed E-state index contributed by atoms with van der Waals surface area (Å²) in [6, 6.07) is 11.6. The fourth-order valence-electron chi connectivity index (χ4n) is 2.77. The van der Waals surface area contributed by atoms with Crippen LogP contribution in [0, 0.1) is 0 Å². The SMILES string of the molecule is CCOC(=O)C(=O)Nc1c(C(=O)Nc2ccc(OC)cc2OC)oc2ccccc12. The van der Waals surface area contributed by atoms with Gasteiger partial charge < -0.3 is 29.3 Å². The van der Waals surface area contributed by atoms with Gasteiger partial charge in [-0.3, -0.25) is 9.59 Å². The van der Waals surface area contributed by atoms with Gasteiger partial charge in [0.05, 0.1) is 26.5 Å². The molecule has 1 aromatic heterocycles. The Morgan fingerprint density at radius 2 is 1.77 bits per heavy atom. The number of fused-ring (bicyclic) bond motifs is 1. The van der Waals surface area contributed by atoms with Crippen LogP contribution in [-0.2, 0) is 14.3 Å². The molecule has 2 aromatic carbocycles. The molecule has 0 radical (unpaired) electrons. The van der Waals surface area contributed by atoms with E-state index in [9.17, 15) is 14.4 Å². The fourth-order valence-corrected chi connectivity index (χ4v) is 2.77. The maximum absolute atomic E-state index is 12.9. The fraction of sp³-hybridized carbons (Fsp3) is 0.190. The number of rotatable bonds is 6. The van der Waals surface area contributed by atoms with Gasteiger partial charge in [-0.2, -0.15) is 0 Å².